The van der Waals surface area contributed by atoms with Gasteiger partial charge in [-0.3, -0.25) is 9.69 Å². The molecule has 0 bridgehead atoms. The lowest BCUT2D eigenvalue weighted by atomic mass is 10.1. The van der Waals surface area contributed by atoms with Gasteiger partial charge in [0.05, 0.1) is 12.2 Å². The summed E-state index contributed by atoms with van der Waals surface area (Å²) in [5.74, 6) is 1.70. The molecule has 5 rings (SSSR count). The normalized spacial score (nSPS) is 21.4. The van der Waals surface area contributed by atoms with Crippen LogP contribution in [0.1, 0.15) is 6.42 Å². The Labute approximate surface area is 170 Å². The molecular formula is C22H25N5O2. The molecule has 0 atom stereocenters. The highest BCUT2D eigenvalue weighted by Crippen LogP contribution is 2.31. The number of aliphatic imine (C=N–C) groups is 1. The van der Waals surface area contributed by atoms with Gasteiger partial charge in [0.15, 0.2) is 11.6 Å². The molecule has 4 aliphatic heterocycles. The number of hydrogen-bond donors (Lipinski definition) is 1. The lowest BCUT2D eigenvalue weighted by molar-refractivity contribution is -0.115. The SMILES string of the molecule is O=C1CC=NC2=C1NC=C1C=C(OCCN3CCN(c4ccccc4)CC3)CN12. The molecule has 0 unspecified atom stereocenters. The van der Waals surface area contributed by atoms with Crippen molar-refractivity contribution in [1.29, 1.82) is 0 Å². The summed E-state index contributed by atoms with van der Waals surface area (Å²) in [5, 5.41) is 3.09. The Bertz CT molecular complexity index is 910. The van der Waals surface area contributed by atoms with Crippen molar-refractivity contribution < 1.29 is 9.53 Å². The van der Waals surface area contributed by atoms with Crippen molar-refractivity contribution in [2.24, 2.45) is 4.99 Å². The summed E-state index contributed by atoms with van der Waals surface area (Å²) in [4.78, 5) is 23.4. The first-order chi connectivity index (χ1) is 14.3. The maximum Gasteiger partial charge on any atom is 0.188 e. The fraction of sp³-hybridized carbons (Fsp3) is 0.364. The van der Waals surface area contributed by atoms with Crippen LogP contribution in [0.4, 0.5) is 5.69 Å². The van der Waals surface area contributed by atoms with Crippen molar-refractivity contribution in [3.63, 3.8) is 0 Å². The maximum atomic E-state index is 12.0. The second-order valence-electron chi connectivity index (χ2n) is 7.56. The molecule has 7 nitrogen and oxygen atoms in total. The fourth-order valence-electron chi connectivity index (χ4n) is 4.12. The van der Waals surface area contributed by atoms with Gasteiger partial charge in [-0.05, 0) is 12.1 Å². The van der Waals surface area contributed by atoms with Crippen LogP contribution in [0.5, 0.6) is 0 Å². The van der Waals surface area contributed by atoms with Gasteiger partial charge in [0, 0.05) is 63.3 Å². The van der Waals surface area contributed by atoms with Gasteiger partial charge in [0.1, 0.15) is 18.1 Å². The minimum absolute atomic E-state index is 0.0781. The average molecular weight is 391 g/mol. The zero-order valence-electron chi connectivity index (χ0n) is 16.4. The molecule has 1 fully saturated rings. The van der Waals surface area contributed by atoms with Gasteiger partial charge < -0.3 is 19.9 Å². The monoisotopic (exact) mass is 391 g/mol. The zero-order chi connectivity index (χ0) is 19.6. The third kappa shape index (κ3) is 3.65. The molecule has 4 heterocycles. The number of ether oxygens (including phenoxy) is 1. The molecule has 150 valence electrons. The molecule has 0 spiro atoms. The van der Waals surface area contributed by atoms with Gasteiger partial charge >= 0.3 is 0 Å². The zero-order valence-corrected chi connectivity index (χ0v) is 16.4. The second kappa shape index (κ2) is 7.75. The van der Waals surface area contributed by atoms with Crippen LogP contribution in [-0.2, 0) is 9.53 Å². The molecule has 0 saturated carbocycles. The van der Waals surface area contributed by atoms with E-state index in [2.05, 4.69) is 50.4 Å². The van der Waals surface area contributed by atoms with Gasteiger partial charge in [-0.1, -0.05) is 18.2 Å². The topological polar surface area (TPSA) is 60.4 Å². The molecule has 0 aliphatic carbocycles. The fourth-order valence-corrected chi connectivity index (χ4v) is 4.12. The summed E-state index contributed by atoms with van der Waals surface area (Å²) in [5.41, 5.74) is 2.87. The number of carbonyl (C=O) groups is 1. The van der Waals surface area contributed by atoms with Crippen LogP contribution in [-0.4, -0.2) is 67.7 Å². The number of fused-ring (bicyclic) bond motifs is 2. The molecule has 1 aromatic carbocycles. The number of rotatable bonds is 5. The van der Waals surface area contributed by atoms with Crippen LogP contribution in [0.3, 0.4) is 0 Å². The predicted octanol–water partition coefficient (Wildman–Crippen LogP) is 1.68. The number of Topliss-reactive ketones (excluding diaryl/α,β-unsaturated/α-hetero) is 1. The quantitative estimate of drug-likeness (QED) is 0.824. The largest absolute Gasteiger partial charge is 0.495 e. The summed E-state index contributed by atoms with van der Waals surface area (Å²) in [6, 6.07) is 10.6. The van der Waals surface area contributed by atoms with Crippen molar-refractivity contribution in [3.05, 3.63) is 65.6 Å². The van der Waals surface area contributed by atoms with E-state index in [0.717, 1.165) is 44.2 Å². The van der Waals surface area contributed by atoms with Crippen molar-refractivity contribution in [2.45, 2.75) is 6.42 Å². The summed E-state index contributed by atoms with van der Waals surface area (Å²) in [7, 11) is 0. The third-order valence-corrected chi connectivity index (χ3v) is 5.74. The number of hydrogen-bond acceptors (Lipinski definition) is 7. The number of allylic oxidation sites excluding steroid dienone is 2. The Morgan fingerprint density at radius 2 is 1.93 bits per heavy atom. The van der Waals surface area contributed by atoms with E-state index >= 15 is 0 Å². The first-order valence-corrected chi connectivity index (χ1v) is 10.2. The first kappa shape index (κ1) is 18.0. The van der Waals surface area contributed by atoms with Gasteiger partial charge in [0.2, 0.25) is 0 Å². The lowest BCUT2D eigenvalue weighted by Gasteiger charge is -2.36. The van der Waals surface area contributed by atoms with Crippen molar-refractivity contribution in [3.8, 4) is 0 Å². The van der Waals surface area contributed by atoms with E-state index in [9.17, 15) is 4.79 Å². The number of para-hydroxylation sites is 1. The molecule has 1 saturated heterocycles. The van der Waals surface area contributed by atoms with Gasteiger partial charge in [-0.2, -0.15) is 0 Å². The number of nitrogens with one attached hydrogen (secondary N) is 1. The van der Waals surface area contributed by atoms with E-state index in [1.807, 2.05) is 17.2 Å². The van der Waals surface area contributed by atoms with Crippen LogP contribution >= 0.6 is 0 Å². The van der Waals surface area contributed by atoms with Crippen LogP contribution in [0.2, 0.25) is 0 Å². The number of ketones is 1. The Morgan fingerprint density at radius 3 is 2.76 bits per heavy atom. The average Bonchev–Trinajstić information content (AvgIpc) is 3.19. The molecule has 4 aliphatic rings. The smallest absolute Gasteiger partial charge is 0.188 e. The summed E-state index contributed by atoms with van der Waals surface area (Å²) >= 11 is 0. The van der Waals surface area contributed by atoms with E-state index in [0.29, 0.717) is 31.1 Å². The van der Waals surface area contributed by atoms with Crippen LogP contribution in [0.25, 0.3) is 0 Å². The highest BCUT2D eigenvalue weighted by atomic mass is 16.5. The molecule has 0 aromatic heterocycles. The number of carbonyl (C=O) groups excluding carboxylic acids is 1. The number of benzene rings is 1. The molecule has 7 heteroatoms. The van der Waals surface area contributed by atoms with Crippen LogP contribution in [0, 0.1) is 0 Å². The van der Waals surface area contributed by atoms with Crippen molar-refractivity contribution in [2.75, 3.05) is 50.8 Å². The molecule has 29 heavy (non-hydrogen) atoms. The van der Waals surface area contributed by atoms with Gasteiger partial charge in [-0.15, -0.1) is 0 Å². The molecule has 1 N–H and O–H groups in total. The maximum absolute atomic E-state index is 12.0. The van der Waals surface area contributed by atoms with E-state index < -0.39 is 0 Å². The number of piperazine rings is 1. The second-order valence-corrected chi connectivity index (χ2v) is 7.56. The van der Waals surface area contributed by atoms with E-state index in [1.54, 1.807) is 6.21 Å². The van der Waals surface area contributed by atoms with Crippen LogP contribution in [0.15, 0.2) is 70.6 Å². The Kier molecular flexibility index (Phi) is 4.81. The first-order valence-electron chi connectivity index (χ1n) is 10.2. The van der Waals surface area contributed by atoms with Crippen molar-refractivity contribution in [1.82, 2.24) is 15.1 Å². The van der Waals surface area contributed by atoms with Gasteiger partial charge in [0.25, 0.3) is 0 Å². The van der Waals surface area contributed by atoms with E-state index in [4.69, 9.17) is 4.74 Å². The van der Waals surface area contributed by atoms with E-state index in [1.165, 1.54) is 5.69 Å². The molecule has 0 radical (unpaired) electrons. The summed E-state index contributed by atoms with van der Waals surface area (Å²) < 4.78 is 6.05. The Balaban J connectivity index is 1.10. The van der Waals surface area contributed by atoms with Crippen molar-refractivity contribution >= 4 is 17.7 Å². The summed E-state index contributed by atoms with van der Waals surface area (Å²) in [6.07, 6.45) is 5.92. The molecule has 1 aromatic rings. The molecule has 0 amide bonds. The minimum atomic E-state index is 0.0781. The number of nitrogens with zero attached hydrogens (tertiary/aromatic N) is 4. The highest BCUT2D eigenvalue weighted by molar-refractivity contribution is 6.05. The van der Waals surface area contributed by atoms with E-state index in [-0.39, 0.29) is 5.78 Å². The minimum Gasteiger partial charge on any atom is -0.495 e. The standard InChI is InChI=1S/C22H25N5O2/c28-20-6-7-23-22-21(20)24-15-18-14-19(16-27(18)22)29-13-12-25-8-10-26(11-9-25)17-4-2-1-3-5-17/h1-5,7,14-15,24H,6,8-13,16H2. The lowest BCUT2D eigenvalue weighted by Crippen LogP contribution is -2.47. The third-order valence-electron chi connectivity index (χ3n) is 5.74. The Hall–Kier alpha value is -3.06. The number of anilines is 1. The predicted molar refractivity (Wildman–Crippen MR) is 112 cm³/mol. The molecular weight excluding hydrogens is 366 g/mol. The Morgan fingerprint density at radius 1 is 1.10 bits per heavy atom. The van der Waals surface area contributed by atoms with Crippen LogP contribution < -0.4 is 10.2 Å². The van der Waals surface area contributed by atoms with Gasteiger partial charge in [-0.25, -0.2) is 4.99 Å². The summed E-state index contributed by atoms with van der Waals surface area (Å²) in [6.45, 7) is 6.39. The highest BCUT2D eigenvalue weighted by Gasteiger charge is 2.31.